The maximum atomic E-state index is 12.4. The summed E-state index contributed by atoms with van der Waals surface area (Å²) in [7, 11) is 0. The van der Waals surface area contributed by atoms with E-state index in [4.69, 9.17) is 27.9 Å². The molecule has 2 fully saturated rings. The summed E-state index contributed by atoms with van der Waals surface area (Å²) in [5.74, 6) is -0.522. The van der Waals surface area contributed by atoms with Gasteiger partial charge in [-0.2, -0.15) is 0 Å². The standard InChI is InChI=1S/C16H18Cl2N2O3/c17-11-1-2-13(18)14(8-11)19-16(22)10-7-15(21)20(9-10)12-3-5-23-6-4-12/h1-2,8,10,12H,3-7,9H2,(H,19,22). The van der Waals surface area contributed by atoms with E-state index in [0.29, 0.717) is 35.5 Å². The molecule has 2 aliphatic heterocycles. The summed E-state index contributed by atoms with van der Waals surface area (Å²) in [6.45, 7) is 1.79. The Labute approximate surface area is 144 Å². The van der Waals surface area contributed by atoms with Gasteiger partial charge in [0, 0.05) is 37.2 Å². The first-order chi connectivity index (χ1) is 11.0. The lowest BCUT2D eigenvalue weighted by atomic mass is 10.1. The van der Waals surface area contributed by atoms with Crippen molar-refractivity contribution in [3.63, 3.8) is 0 Å². The lowest BCUT2D eigenvalue weighted by molar-refractivity contribution is -0.131. The number of anilines is 1. The molecule has 0 spiro atoms. The lowest BCUT2D eigenvalue weighted by Gasteiger charge is -2.31. The van der Waals surface area contributed by atoms with Crippen molar-refractivity contribution in [1.29, 1.82) is 0 Å². The highest BCUT2D eigenvalue weighted by molar-refractivity contribution is 6.35. The normalized spacial score (nSPS) is 22.4. The summed E-state index contributed by atoms with van der Waals surface area (Å²) < 4.78 is 5.33. The highest BCUT2D eigenvalue weighted by Gasteiger charge is 2.38. The van der Waals surface area contributed by atoms with E-state index in [1.54, 1.807) is 18.2 Å². The molecule has 1 aromatic rings. The summed E-state index contributed by atoms with van der Waals surface area (Å²) in [6, 6.07) is 5.08. The first-order valence-electron chi connectivity index (χ1n) is 7.67. The summed E-state index contributed by atoms with van der Waals surface area (Å²) in [4.78, 5) is 26.5. The van der Waals surface area contributed by atoms with Crippen molar-refractivity contribution in [1.82, 2.24) is 4.90 Å². The second-order valence-corrected chi connectivity index (χ2v) is 6.75. The molecule has 2 aliphatic rings. The molecule has 2 heterocycles. The fourth-order valence-electron chi connectivity index (χ4n) is 3.09. The van der Waals surface area contributed by atoms with Gasteiger partial charge in [0.15, 0.2) is 0 Å². The van der Waals surface area contributed by atoms with Crippen LogP contribution in [0.5, 0.6) is 0 Å². The summed E-state index contributed by atoms with van der Waals surface area (Å²) in [5.41, 5.74) is 0.473. The number of benzene rings is 1. The molecule has 5 nitrogen and oxygen atoms in total. The molecule has 0 aliphatic carbocycles. The molecule has 0 aromatic heterocycles. The predicted molar refractivity (Wildman–Crippen MR) is 88.8 cm³/mol. The molecular formula is C16H18Cl2N2O3. The average molecular weight is 357 g/mol. The van der Waals surface area contributed by atoms with Crippen LogP contribution in [0.1, 0.15) is 19.3 Å². The molecule has 23 heavy (non-hydrogen) atoms. The third-order valence-electron chi connectivity index (χ3n) is 4.35. The number of rotatable bonds is 3. The molecule has 1 atom stereocenters. The van der Waals surface area contributed by atoms with Crippen LogP contribution in [-0.4, -0.2) is 42.5 Å². The molecule has 2 amide bonds. The number of halogens is 2. The topological polar surface area (TPSA) is 58.6 Å². The van der Waals surface area contributed by atoms with E-state index in [9.17, 15) is 9.59 Å². The lowest BCUT2D eigenvalue weighted by Crippen LogP contribution is -2.41. The highest BCUT2D eigenvalue weighted by atomic mass is 35.5. The largest absolute Gasteiger partial charge is 0.381 e. The molecule has 1 N–H and O–H groups in total. The van der Waals surface area contributed by atoms with Crippen LogP contribution in [0.3, 0.4) is 0 Å². The number of ether oxygens (including phenoxy) is 1. The van der Waals surface area contributed by atoms with Gasteiger partial charge in [0.05, 0.1) is 16.6 Å². The molecular weight excluding hydrogens is 339 g/mol. The van der Waals surface area contributed by atoms with Crippen molar-refractivity contribution in [3.05, 3.63) is 28.2 Å². The second kappa shape index (κ2) is 7.07. The van der Waals surface area contributed by atoms with Gasteiger partial charge in [-0.25, -0.2) is 0 Å². The highest BCUT2D eigenvalue weighted by Crippen LogP contribution is 2.29. The maximum Gasteiger partial charge on any atom is 0.229 e. The summed E-state index contributed by atoms with van der Waals surface area (Å²) in [5, 5.41) is 3.70. The van der Waals surface area contributed by atoms with E-state index < -0.39 is 0 Å². The zero-order valence-electron chi connectivity index (χ0n) is 12.6. The van der Waals surface area contributed by atoms with Crippen LogP contribution in [-0.2, 0) is 14.3 Å². The van der Waals surface area contributed by atoms with Gasteiger partial charge in [0.25, 0.3) is 0 Å². The summed E-state index contributed by atoms with van der Waals surface area (Å²) in [6.07, 6.45) is 1.90. The molecule has 0 bridgehead atoms. The number of carbonyl (C=O) groups excluding carboxylic acids is 2. The van der Waals surface area contributed by atoms with Gasteiger partial charge < -0.3 is 15.0 Å². The van der Waals surface area contributed by atoms with Crippen LogP contribution >= 0.6 is 23.2 Å². The van der Waals surface area contributed by atoms with Crippen LogP contribution in [0.25, 0.3) is 0 Å². The van der Waals surface area contributed by atoms with E-state index in [0.717, 1.165) is 12.8 Å². The van der Waals surface area contributed by atoms with E-state index in [-0.39, 0.29) is 30.2 Å². The Kier molecular flexibility index (Phi) is 5.09. The minimum absolute atomic E-state index is 0.0363. The molecule has 0 saturated carbocycles. The number of hydrogen-bond donors (Lipinski definition) is 1. The van der Waals surface area contributed by atoms with Gasteiger partial charge >= 0.3 is 0 Å². The Bertz CT molecular complexity index is 617. The number of nitrogens with zero attached hydrogens (tertiary/aromatic N) is 1. The average Bonchev–Trinajstić information content (AvgIpc) is 2.94. The van der Waals surface area contributed by atoms with Crippen molar-refractivity contribution in [2.75, 3.05) is 25.1 Å². The van der Waals surface area contributed by atoms with Gasteiger partial charge in [-0.3, -0.25) is 9.59 Å². The van der Waals surface area contributed by atoms with E-state index in [1.165, 1.54) is 0 Å². The maximum absolute atomic E-state index is 12.4. The van der Waals surface area contributed by atoms with Crippen LogP contribution in [0.15, 0.2) is 18.2 Å². The minimum Gasteiger partial charge on any atom is -0.381 e. The smallest absolute Gasteiger partial charge is 0.229 e. The van der Waals surface area contributed by atoms with Crippen molar-refractivity contribution in [2.24, 2.45) is 5.92 Å². The molecule has 1 aromatic carbocycles. The zero-order valence-corrected chi connectivity index (χ0v) is 14.1. The zero-order chi connectivity index (χ0) is 16.4. The SMILES string of the molecule is O=C(Nc1cc(Cl)ccc1Cl)C1CC(=O)N(C2CCOCC2)C1. The number of likely N-dealkylation sites (tertiary alicyclic amines) is 1. The molecule has 2 saturated heterocycles. The van der Waals surface area contributed by atoms with E-state index >= 15 is 0 Å². The van der Waals surface area contributed by atoms with Crippen LogP contribution in [0, 0.1) is 5.92 Å². The number of amides is 2. The van der Waals surface area contributed by atoms with Gasteiger partial charge in [-0.15, -0.1) is 0 Å². The fraction of sp³-hybridized carbons (Fsp3) is 0.500. The molecule has 3 rings (SSSR count). The first kappa shape index (κ1) is 16.6. The van der Waals surface area contributed by atoms with Crippen LogP contribution in [0.4, 0.5) is 5.69 Å². The van der Waals surface area contributed by atoms with E-state index in [2.05, 4.69) is 5.32 Å². The minimum atomic E-state index is -0.361. The van der Waals surface area contributed by atoms with E-state index in [1.807, 2.05) is 4.90 Å². The molecule has 124 valence electrons. The van der Waals surface area contributed by atoms with Crippen molar-refractivity contribution in [3.8, 4) is 0 Å². The van der Waals surface area contributed by atoms with Gasteiger partial charge in [0.2, 0.25) is 11.8 Å². The fourth-order valence-corrected chi connectivity index (χ4v) is 3.42. The Morgan fingerprint density at radius 3 is 2.74 bits per heavy atom. The second-order valence-electron chi connectivity index (χ2n) is 5.90. The Morgan fingerprint density at radius 1 is 1.26 bits per heavy atom. The number of carbonyl (C=O) groups is 2. The third-order valence-corrected chi connectivity index (χ3v) is 4.91. The van der Waals surface area contributed by atoms with Crippen LogP contribution < -0.4 is 5.32 Å². The van der Waals surface area contributed by atoms with Crippen molar-refractivity contribution < 1.29 is 14.3 Å². The van der Waals surface area contributed by atoms with Crippen molar-refractivity contribution in [2.45, 2.75) is 25.3 Å². The third kappa shape index (κ3) is 3.79. The Morgan fingerprint density at radius 2 is 2.00 bits per heavy atom. The quantitative estimate of drug-likeness (QED) is 0.905. The monoisotopic (exact) mass is 356 g/mol. The van der Waals surface area contributed by atoms with Gasteiger partial charge in [0.1, 0.15) is 0 Å². The predicted octanol–water partition coefficient (Wildman–Crippen LogP) is 2.96. The molecule has 0 radical (unpaired) electrons. The number of hydrogen-bond acceptors (Lipinski definition) is 3. The number of nitrogens with one attached hydrogen (secondary N) is 1. The van der Waals surface area contributed by atoms with Crippen molar-refractivity contribution >= 4 is 40.7 Å². The Hall–Kier alpha value is -1.30. The summed E-state index contributed by atoms with van der Waals surface area (Å²) >= 11 is 12.0. The van der Waals surface area contributed by atoms with Gasteiger partial charge in [-0.1, -0.05) is 23.2 Å². The molecule has 7 heteroatoms. The van der Waals surface area contributed by atoms with Crippen LogP contribution in [0.2, 0.25) is 10.0 Å². The Balaban J connectivity index is 1.64. The van der Waals surface area contributed by atoms with Gasteiger partial charge in [-0.05, 0) is 31.0 Å². The first-order valence-corrected chi connectivity index (χ1v) is 8.43. The molecule has 1 unspecified atom stereocenters.